The second-order valence-electron chi connectivity index (χ2n) is 4.98. The Balaban J connectivity index is 1.91. The van der Waals surface area contributed by atoms with Crippen molar-refractivity contribution in [2.24, 2.45) is 5.92 Å². The maximum atomic E-state index is 13.5. The third-order valence-electron chi connectivity index (χ3n) is 3.56. The van der Waals surface area contributed by atoms with E-state index in [0.717, 1.165) is 25.7 Å². The van der Waals surface area contributed by atoms with Crippen molar-refractivity contribution >= 4 is 17.5 Å². The number of amides is 1. The van der Waals surface area contributed by atoms with Crippen molar-refractivity contribution in [1.82, 2.24) is 5.32 Å². The summed E-state index contributed by atoms with van der Waals surface area (Å²) in [6, 6.07) is 4.19. The van der Waals surface area contributed by atoms with E-state index in [-0.39, 0.29) is 16.7 Å². The minimum absolute atomic E-state index is 0.0972. The Bertz CT molecular complexity index is 439. The van der Waals surface area contributed by atoms with Crippen LogP contribution in [0, 0.1) is 11.7 Å². The summed E-state index contributed by atoms with van der Waals surface area (Å²) in [5, 5.41) is 12.2. The fraction of sp³-hybridized carbons (Fsp3) is 0.500. The number of aliphatic hydroxyl groups is 1. The van der Waals surface area contributed by atoms with Crippen LogP contribution in [0.4, 0.5) is 4.39 Å². The number of hydrogen-bond acceptors (Lipinski definition) is 2. The molecule has 0 unspecified atom stereocenters. The standard InChI is InChI=1S/C14H17ClFNO2/c15-11-2-1-3-12(16)13(11)14(19)17-8-9-4-6-10(18)7-5-9/h1-3,9-10,18H,4-8H2,(H,17,19). The quantitative estimate of drug-likeness (QED) is 0.897. The highest BCUT2D eigenvalue weighted by Gasteiger charge is 2.21. The minimum atomic E-state index is -0.607. The van der Waals surface area contributed by atoms with E-state index in [9.17, 15) is 14.3 Å². The molecule has 0 bridgehead atoms. The van der Waals surface area contributed by atoms with Crippen molar-refractivity contribution in [3.8, 4) is 0 Å². The Morgan fingerprint density at radius 1 is 1.37 bits per heavy atom. The van der Waals surface area contributed by atoms with Gasteiger partial charge in [-0.1, -0.05) is 17.7 Å². The van der Waals surface area contributed by atoms with E-state index in [1.165, 1.54) is 18.2 Å². The second-order valence-corrected chi connectivity index (χ2v) is 5.39. The van der Waals surface area contributed by atoms with Crippen molar-refractivity contribution in [2.45, 2.75) is 31.8 Å². The Morgan fingerprint density at radius 2 is 2.05 bits per heavy atom. The summed E-state index contributed by atoms with van der Waals surface area (Å²) in [5.41, 5.74) is -0.0972. The van der Waals surface area contributed by atoms with Crippen LogP contribution in [-0.2, 0) is 0 Å². The number of hydrogen-bond donors (Lipinski definition) is 2. The van der Waals surface area contributed by atoms with Crippen LogP contribution in [0.5, 0.6) is 0 Å². The molecule has 1 fully saturated rings. The van der Waals surface area contributed by atoms with Gasteiger partial charge in [0.2, 0.25) is 0 Å². The lowest BCUT2D eigenvalue weighted by Crippen LogP contribution is -2.32. The third kappa shape index (κ3) is 3.67. The van der Waals surface area contributed by atoms with Gasteiger partial charge in [0.1, 0.15) is 5.82 Å². The molecule has 19 heavy (non-hydrogen) atoms. The predicted molar refractivity (Wildman–Crippen MR) is 71.7 cm³/mol. The van der Waals surface area contributed by atoms with E-state index < -0.39 is 11.7 Å². The number of rotatable bonds is 3. The molecule has 1 aromatic carbocycles. The number of nitrogens with one attached hydrogen (secondary N) is 1. The van der Waals surface area contributed by atoms with Gasteiger partial charge in [0.05, 0.1) is 16.7 Å². The molecular weight excluding hydrogens is 269 g/mol. The Morgan fingerprint density at radius 3 is 2.68 bits per heavy atom. The number of aliphatic hydroxyl groups excluding tert-OH is 1. The average Bonchev–Trinajstić information content (AvgIpc) is 2.38. The molecule has 0 atom stereocenters. The van der Waals surface area contributed by atoms with Gasteiger partial charge in [-0.2, -0.15) is 0 Å². The van der Waals surface area contributed by atoms with E-state index in [0.29, 0.717) is 12.5 Å². The van der Waals surface area contributed by atoms with Crippen LogP contribution in [-0.4, -0.2) is 23.7 Å². The van der Waals surface area contributed by atoms with Crippen LogP contribution in [0.25, 0.3) is 0 Å². The molecule has 0 aliphatic heterocycles. The summed E-state index contributed by atoms with van der Waals surface area (Å²) in [6.45, 7) is 0.496. The molecule has 3 nitrogen and oxygen atoms in total. The first-order valence-electron chi connectivity index (χ1n) is 6.48. The number of benzene rings is 1. The van der Waals surface area contributed by atoms with Gasteiger partial charge in [-0.05, 0) is 43.7 Å². The number of carbonyl (C=O) groups excluding carboxylic acids is 1. The molecule has 0 heterocycles. The lowest BCUT2D eigenvalue weighted by molar-refractivity contribution is 0.0907. The number of carbonyl (C=O) groups is 1. The zero-order valence-corrected chi connectivity index (χ0v) is 11.3. The summed E-state index contributed by atoms with van der Waals surface area (Å²) in [5.74, 6) is -0.740. The maximum absolute atomic E-state index is 13.5. The van der Waals surface area contributed by atoms with Crippen LogP contribution < -0.4 is 5.32 Å². The summed E-state index contributed by atoms with van der Waals surface area (Å²) in [6.07, 6.45) is 3.08. The highest BCUT2D eigenvalue weighted by Crippen LogP contribution is 2.24. The first-order valence-corrected chi connectivity index (χ1v) is 6.86. The van der Waals surface area contributed by atoms with Crippen molar-refractivity contribution in [2.75, 3.05) is 6.54 Å². The highest BCUT2D eigenvalue weighted by atomic mass is 35.5. The van der Waals surface area contributed by atoms with Crippen molar-refractivity contribution in [1.29, 1.82) is 0 Å². The van der Waals surface area contributed by atoms with E-state index >= 15 is 0 Å². The Hall–Kier alpha value is -1.13. The molecule has 1 amide bonds. The van der Waals surface area contributed by atoms with Gasteiger partial charge in [-0.15, -0.1) is 0 Å². The molecule has 1 aliphatic rings. The molecule has 0 aromatic heterocycles. The minimum Gasteiger partial charge on any atom is -0.393 e. The molecule has 0 radical (unpaired) electrons. The van der Waals surface area contributed by atoms with Gasteiger partial charge >= 0.3 is 0 Å². The van der Waals surface area contributed by atoms with Crippen molar-refractivity contribution in [3.05, 3.63) is 34.6 Å². The summed E-state index contributed by atoms with van der Waals surface area (Å²) in [4.78, 5) is 11.9. The van der Waals surface area contributed by atoms with E-state index in [1.54, 1.807) is 0 Å². The summed E-state index contributed by atoms with van der Waals surface area (Å²) < 4.78 is 13.5. The van der Waals surface area contributed by atoms with Crippen molar-refractivity contribution < 1.29 is 14.3 Å². The molecule has 1 saturated carbocycles. The first-order chi connectivity index (χ1) is 9.08. The highest BCUT2D eigenvalue weighted by molar-refractivity contribution is 6.33. The second kappa shape index (κ2) is 6.35. The fourth-order valence-corrected chi connectivity index (χ4v) is 2.64. The maximum Gasteiger partial charge on any atom is 0.255 e. The molecule has 0 spiro atoms. The predicted octanol–water partition coefficient (Wildman–Crippen LogP) is 2.76. The van der Waals surface area contributed by atoms with Gasteiger partial charge < -0.3 is 10.4 Å². The topological polar surface area (TPSA) is 49.3 Å². The van der Waals surface area contributed by atoms with Crippen LogP contribution in [0.2, 0.25) is 5.02 Å². The lowest BCUT2D eigenvalue weighted by Gasteiger charge is -2.25. The van der Waals surface area contributed by atoms with E-state index in [1.807, 2.05) is 0 Å². The molecule has 0 saturated heterocycles. The zero-order chi connectivity index (χ0) is 13.8. The zero-order valence-electron chi connectivity index (χ0n) is 10.5. The van der Waals surface area contributed by atoms with E-state index in [4.69, 9.17) is 11.6 Å². The molecule has 2 rings (SSSR count). The average molecular weight is 286 g/mol. The molecule has 1 aliphatic carbocycles. The molecule has 104 valence electrons. The number of halogens is 2. The van der Waals surface area contributed by atoms with Gasteiger partial charge in [0.15, 0.2) is 0 Å². The first kappa shape index (κ1) is 14.3. The van der Waals surface area contributed by atoms with Crippen LogP contribution in [0.15, 0.2) is 18.2 Å². The van der Waals surface area contributed by atoms with Gasteiger partial charge in [0.25, 0.3) is 5.91 Å². The molecule has 2 N–H and O–H groups in total. The molecular formula is C14H17ClFNO2. The normalized spacial score (nSPS) is 23.1. The fourth-order valence-electron chi connectivity index (χ4n) is 2.39. The molecule has 1 aromatic rings. The third-order valence-corrected chi connectivity index (χ3v) is 3.87. The van der Waals surface area contributed by atoms with Gasteiger partial charge in [-0.3, -0.25) is 4.79 Å². The van der Waals surface area contributed by atoms with Crippen molar-refractivity contribution in [3.63, 3.8) is 0 Å². The lowest BCUT2D eigenvalue weighted by atomic mass is 9.87. The summed E-state index contributed by atoms with van der Waals surface area (Å²) >= 11 is 5.83. The smallest absolute Gasteiger partial charge is 0.255 e. The van der Waals surface area contributed by atoms with E-state index in [2.05, 4.69) is 5.32 Å². The molecule has 5 heteroatoms. The van der Waals surface area contributed by atoms with Crippen LogP contribution >= 0.6 is 11.6 Å². The monoisotopic (exact) mass is 285 g/mol. The SMILES string of the molecule is O=C(NCC1CCC(O)CC1)c1c(F)cccc1Cl. The largest absolute Gasteiger partial charge is 0.393 e. The van der Waals surface area contributed by atoms with Crippen LogP contribution in [0.3, 0.4) is 0 Å². The van der Waals surface area contributed by atoms with Crippen LogP contribution in [0.1, 0.15) is 36.0 Å². The van der Waals surface area contributed by atoms with Gasteiger partial charge in [0, 0.05) is 6.54 Å². The Labute approximate surface area is 116 Å². The van der Waals surface area contributed by atoms with Gasteiger partial charge in [-0.25, -0.2) is 4.39 Å². The summed E-state index contributed by atoms with van der Waals surface area (Å²) in [7, 11) is 0. The Kier molecular flexibility index (Phi) is 4.77.